The molecule has 1 aliphatic rings. The molecule has 20 heavy (non-hydrogen) atoms. The van der Waals surface area contributed by atoms with Crippen LogP contribution in [0.3, 0.4) is 0 Å². The van der Waals surface area contributed by atoms with Gasteiger partial charge in [0.1, 0.15) is 5.60 Å². The fourth-order valence-electron chi connectivity index (χ4n) is 1.93. The maximum Gasteiger partial charge on any atom is 0.410 e. The molecule has 1 rings (SSSR count). The summed E-state index contributed by atoms with van der Waals surface area (Å²) >= 11 is 0. The lowest BCUT2D eigenvalue weighted by molar-refractivity contribution is -0.135. The highest BCUT2D eigenvalue weighted by Crippen LogP contribution is 2.13. The molecule has 1 heterocycles. The van der Waals surface area contributed by atoms with Gasteiger partial charge in [0, 0.05) is 26.2 Å². The summed E-state index contributed by atoms with van der Waals surface area (Å²) in [6, 6.07) is -0.469. The zero-order valence-corrected chi connectivity index (χ0v) is 13.2. The fraction of sp³-hybridized carbons (Fsp3) is 0.857. The molecule has 0 spiro atoms. The van der Waals surface area contributed by atoms with E-state index in [1.165, 1.54) is 0 Å². The van der Waals surface area contributed by atoms with Gasteiger partial charge >= 0.3 is 6.09 Å². The molecule has 0 aromatic heterocycles. The Morgan fingerprint density at radius 3 is 1.90 bits per heavy atom. The molecule has 1 fully saturated rings. The SMILES string of the molecule is CC(C)C(N)C(=O)N1CCN(C(=O)OC(C)(C)C)CC1. The van der Waals surface area contributed by atoms with E-state index in [0.29, 0.717) is 26.2 Å². The van der Waals surface area contributed by atoms with Crippen molar-refractivity contribution in [1.29, 1.82) is 0 Å². The van der Waals surface area contributed by atoms with Gasteiger partial charge in [0.25, 0.3) is 0 Å². The summed E-state index contributed by atoms with van der Waals surface area (Å²) in [4.78, 5) is 27.4. The van der Waals surface area contributed by atoms with Crippen LogP contribution in [-0.4, -0.2) is 59.6 Å². The van der Waals surface area contributed by atoms with E-state index < -0.39 is 11.6 Å². The van der Waals surface area contributed by atoms with Crippen LogP contribution in [0.5, 0.6) is 0 Å². The monoisotopic (exact) mass is 285 g/mol. The second-order valence-corrected chi connectivity index (χ2v) is 6.56. The molecule has 1 aliphatic heterocycles. The first kappa shape index (κ1) is 16.8. The third kappa shape index (κ3) is 4.67. The molecule has 116 valence electrons. The zero-order chi connectivity index (χ0) is 15.5. The van der Waals surface area contributed by atoms with Crippen LogP contribution >= 0.6 is 0 Å². The Balaban J connectivity index is 2.48. The van der Waals surface area contributed by atoms with Crippen LogP contribution in [-0.2, 0) is 9.53 Å². The normalized spacial score (nSPS) is 18.1. The van der Waals surface area contributed by atoms with Crippen LogP contribution in [0.15, 0.2) is 0 Å². The van der Waals surface area contributed by atoms with Crippen molar-refractivity contribution in [3.05, 3.63) is 0 Å². The predicted molar refractivity (Wildman–Crippen MR) is 77.2 cm³/mol. The molecule has 0 saturated carbocycles. The third-order valence-corrected chi connectivity index (χ3v) is 3.25. The Kier molecular flexibility index (Phi) is 5.39. The van der Waals surface area contributed by atoms with E-state index in [0.717, 1.165) is 0 Å². The predicted octanol–water partition coefficient (Wildman–Crippen LogP) is 1.05. The second kappa shape index (κ2) is 6.43. The van der Waals surface area contributed by atoms with Gasteiger partial charge in [-0.2, -0.15) is 0 Å². The van der Waals surface area contributed by atoms with Crippen LogP contribution in [0.4, 0.5) is 4.79 Å². The average Bonchev–Trinajstić information content (AvgIpc) is 2.35. The number of rotatable bonds is 2. The van der Waals surface area contributed by atoms with E-state index in [-0.39, 0.29) is 17.9 Å². The van der Waals surface area contributed by atoms with Gasteiger partial charge in [0.2, 0.25) is 5.91 Å². The Morgan fingerprint density at radius 2 is 1.50 bits per heavy atom. The highest BCUT2D eigenvalue weighted by Gasteiger charge is 2.30. The highest BCUT2D eigenvalue weighted by molar-refractivity contribution is 5.82. The molecular weight excluding hydrogens is 258 g/mol. The van der Waals surface area contributed by atoms with Crippen LogP contribution in [0.25, 0.3) is 0 Å². The first-order valence-electron chi connectivity index (χ1n) is 7.14. The quantitative estimate of drug-likeness (QED) is 0.823. The van der Waals surface area contributed by atoms with Gasteiger partial charge in [0.05, 0.1) is 6.04 Å². The van der Waals surface area contributed by atoms with Crippen molar-refractivity contribution in [2.24, 2.45) is 11.7 Å². The average molecular weight is 285 g/mol. The van der Waals surface area contributed by atoms with Crippen molar-refractivity contribution < 1.29 is 14.3 Å². The minimum Gasteiger partial charge on any atom is -0.444 e. The van der Waals surface area contributed by atoms with Gasteiger partial charge in [-0.15, -0.1) is 0 Å². The Hall–Kier alpha value is -1.30. The molecule has 6 nitrogen and oxygen atoms in total. The summed E-state index contributed by atoms with van der Waals surface area (Å²) in [6.45, 7) is 11.4. The molecule has 0 aromatic carbocycles. The van der Waals surface area contributed by atoms with Crippen molar-refractivity contribution in [3.63, 3.8) is 0 Å². The Bertz CT molecular complexity index is 355. The molecule has 0 radical (unpaired) electrons. The highest BCUT2D eigenvalue weighted by atomic mass is 16.6. The van der Waals surface area contributed by atoms with Crippen molar-refractivity contribution in [2.75, 3.05) is 26.2 Å². The van der Waals surface area contributed by atoms with Crippen molar-refractivity contribution in [1.82, 2.24) is 9.80 Å². The summed E-state index contributed by atoms with van der Waals surface area (Å²) in [5, 5.41) is 0. The zero-order valence-electron chi connectivity index (χ0n) is 13.2. The van der Waals surface area contributed by atoms with Crippen LogP contribution in [0, 0.1) is 5.92 Å². The maximum atomic E-state index is 12.1. The maximum absolute atomic E-state index is 12.1. The van der Waals surface area contributed by atoms with Gasteiger partial charge < -0.3 is 20.3 Å². The fourth-order valence-corrected chi connectivity index (χ4v) is 1.93. The molecule has 0 bridgehead atoms. The first-order chi connectivity index (χ1) is 9.11. The van der Waals surface area contributed by atoms with Gasteiger partial charge in [0.15, 0.2) is 0 Å². The van der Waals surface area contributed by atoms with Gasteiger partial charge in [-0.3, -0.25) is 4.79 Å². The van der Waals surface area contributed by atoms with Gasteiger partial charge in [-0.05, 0) is 26.7 Å². The van der Waals surface area contributed by atoms with E-state index in [2.05, 4.69) is 0 Å². The Morgan fingerprint density at radius 1 is 1.05 bits per heavy atom. The number of nitrogens with two attached hydrogens (primary N) is 1. The first-order valence-corrected chi connectivity index (χ1v) is 7.14. The largest absolute Gasteiger partial charge is 0.444 e. The lowest BCUT2D eigenvalue weighted by Gasteiger charge is -2.37. The molecule has 0 aliphatic carbocycles. The minimum absolute atomic E-state index is 0.0381. The standard InChI is InChI=1S/C14H27N3O3/c1-10(2)11(15)12(18)16-6-8-17(9-7-16)13(19)20-14(3,4)5/h10-11H,6-9,15H2,1-5H3. The minimum atomic E-state index is -0.496. The number of nitrogens with zero attached hydrogens (tertiary/aromatic N) is 2. The summed E-state index contributed by atoms with van der Waals surface area (Å²) in [5.74, 6) is 0.0789. The van der Waals surface area contributed by atoms with E-state index in [9.17, 15) is 9.59 Å². The number of amides is 2. The number of piperazine rings is 1. The lowest BCUT2D eigenvalue weighted by Crippen LogP contribution is -2.55. The van der Waals surface area contributed by atoms with Gasteiger partial charge in [-0.25, -0.2) is 4.79 Å². The van der Waals surface area contributed by atoms with Crippen molar-refractivity contribution in [2.45, 2.75) is 46.3 Å². The number of ether oxygens (including phenoxy) is 1. The van der Waals surface area contributed by atoms with E-state index in [1.54, 1.807) is 9.80 Å². The molecule has 6 heteroatoms. The number of hydrogen-bond donors (Lipinski definition) is 1. The molecule has 2 amide bonds. The molecule has 1 saturated heterocycles. The topological polar surface area (TPSA) is 75.9 Å². The summed E-state index contributed by atoms with van der Waals surface area (Å²) in [6.07, 6.45) is -0.322. The molecule has 1 unspecified atom stereocenters. The summed E-state index contributed by atoms with van der Waals surface area (Å²) in [5.41, 5.74) is 5.38. The van der Waals surface area contributed by atoms with Crippen LogP contribution in [0.1, 0.15) is 34.6 Å². The Labute approximate surface area is 121 Å². The number of carbonyl (C=O) groups is 2. The van der Waals surface area contributed by atoms with E-state index >= 15 is 0 Å². The second-order valence-electron chi connectivity index (χ2n) is 6.56. The van der Waals surface area contributed by atoms with Crippen LogP contribution in [0.2, 0.25) is 0 Å². The van der Waals surface area contributed by atoms with Crippen LogP contribution < -0.4 is 5.73 Å². The molecule has 2 N–H and O–H groups in total. The van der Waals surface area contributed by atoms with Crippen molar-refractivity contribution in [3.8, 4) is 0 Å². The smallest absolute Gasteiger partial charge is 0.410 e. The lowest BCUT2D eigenvalue weighted by atomic mass is 10.0. The van der Waals surface area contributed by atoms with E-state index in [4.69, 9.17) is 10.5 Å². The summed E-state index contributed by atoms with van der Waals surface area (Å²) in [7, 11) is 0. The number of hydrogen-bond acceptors (Lipinski definition) is 4. The summed E-state index contributed by atoms with van der Waals surface area (Å²) < 4.78 is 5.32. The molecule has 1 atom stereocenters. The van der Waals surface area contributed by atoms with Crippen molar-refractivity contribution >= 4 is 12.0 Å². The molecule has 0 aromatic rings. The molecular formula is C14H27N3O3. The number of carbonyl (C=O) groups excluding carboxylic acids is 2. The van der Waals surface area contributed by atoms with Gasteiger partial charge in [-0.1, -0.05) is 13.8 Å². The third-order valence-electron chi connectivity index (χ3n) is 3.25. The van der Waals surface area contributed by atoms with E-state index in [1.807, 2.05) is 34.6 Å².